The molecule has 3 rings (SSSR count). The highest BCUT2D eigenvalue weighted by atomic mass is 16.5. The summed E-state index contributed by atoms with van der Waals surface area (Å²) in [6.45, 7) is 0.824. The van der Waals surface area contributed by atoms with Crippen LogP contribution in [0.2, 0.25) is 0 Å². The van der Waals surface area contributed by atoms with Crippen LogP contribution in [0, 0.1) is 0 Å². The summed E-state index contributed by atoms with van der Waals surface area (Å²) in [5, 5.41) is 0. The molecule has 1 aromatic carbocycles. The van der Waals surface area contributed by atoms with Crippen LogP contribution < -0.4 is 9.47 Å². The fraction of sp³-hybridized carbons (Fsp3) is 0.400. The normalized spacial score (nSPS) is 24.2. The Kier molecular flexibility index (Phi) is 1.14. The summed E-state index contributed by atoms with van der Waals surface area (Å²) in [6, 6.07) is 6.20. The van der Waals surface area contributed by atoms with Crippen molar-refractivity contribution in [3.05, 3.63) is 23.8 Å². The van der Waals surface area contributed by atoms with E-state index < -0.39 is 0 Å². The second-order valence-electron chi connectivity index (χ2n) is 3.30. The lowest BCUT2D eigenvalue weighted by Gasteiger charge is -2.15. The molecule has 12 heavy (non-hydrogen) atoms. The molecule has 2 aliphatic heterocycles. The zero-order chi connectivity index (χ0) is 7.97. The largest absolute Gasteiger partial charge is 0.490 e. The van der Waals surface area contributed by atoms with Gasteiger partial charge in [0.05, 0.1) is 6.61 Å². The van der Waals surface area contributed by atoms with Crippen LogP contribution >= 0.6 is 0 Å². The van der Waals surface area contributed by atoms with Crippen LogP contribution in [0.4, 0.5) is 0 Å². The van der Waals surface area contributed by atoms with E-state index in [1.807, 2.05) is 6.07 Å². The van der Waals surface area contributed by atoms with Crippen LogP contribution in [-0.4, -0.2) is 6.61 Å². The number of ether oxygens (including phenoxy) is 2. The summed E-state index contributed by atoms with van der Waals surface area (Å²) in [5.74, 6) is 1.83. The van der Waals surface area contributed by atoms with Gasteiger partial charge in [-0.1, -0.05) is 6.07 Å². The molecule has 0 saturated heterocycles. The Morgan fingerprint density at radius 3 is 3.25 bits per heavy atom. The molecule has 0 spiro atoms. The third kappa shape index (κ3) is 0.750. The molecule has 0 aliphatic carbocycles. The lowest BCUT2D eigenvalue weighted by molar-refractivity contribution is 0.167. The average Bonchev–Trinajstić information content (AvgIpc) is 2.42. The number of rotatable bonds is 0. The summed E-state index contributed by atoms with van der Waals surface area (Å²) in [6.07, 6.45) is 2.46. The van der Waals surface area contributed by atoms with E-state index in [2.05, 4.69) is 12.1 Å². The number of fused-ring (bicyclic) bond motifs is 3. The lowest BCUT2D eigenvalue weighted by Crippen LogP contribution is -2.07. The first kappa shape index (κ1) is 6.35. The van der Waals surface area contributed by atoms with E-state index in [0.29, 0.717) is 6.10 Å². The molecule has 3 bridgehead atoms. The third-order valence-electron chi connectivity index (χ3n) is 2.48. The summed E-state index contributed by atoms with van der Waals surface area (Å²) in [7, 11) is 0. The number of benzene rings is 1. The van der Waals surface area contributed by atoms with Crippen LogP contribution in [0.5, 0.6) is 11.5 Å². The van der Waals surface area contributed by atoms with E-state index in [4.69, 9.17) is 9.47 Å². The zero-order valence-corrected chi connectivity index (χ0v) is 6.75. The predicted octanol–water partition coefficient (Wildman–Crippen LogP) is 2.29. The minimum atomic E-state index is 0.303. The Morgan fingerprint density at radius 2 is 2.25 bits per heavy atom. The van der Waals surface area contributed by atoms with Crippen LogP contribution in [-0.2, 0) is 0 Å². The summed E-state index contributed by atoms with van der Waals surface area (Å²) >= 11 is 0. The van der Waals surface area contributed by atoms with Gasteiger partial charge in [0.15, 0.2) is 11.5 Å². The maximum Gasteiger partial charge on any atom is 0.162 e. The monoisotopic (exact) mass is 162 g/mol. The Hall–Kier alpha value is -1.18. The third-order valence-corrected chi connectivity index (χ3v) is 2.48. The van der Waals surface area contributed by atoms with Gasteiger partial charge in [-0.25, -0.2) is 0 Å². The van der Waals surface area contributed by atoms with Crippen molar-refractivity contribution in [2.45, 2.75) is 18.9 Å². The van der Waals surface area contributed by atoms with E-state index in [-0.39, 0.29) is 0 Å². The molecule has 1 atom stereocenters. The topological polar surface area (TPSA) is 18.5 Å². The molecule has 2 heterocycles. The molecule has 0 radical (unpaired) electrons. The van der Waals surface area contributed by atoms with Gasteiger partial charge in [0.25, 0.3) is 0 Å². The molecule has 0 fully saturated rings. The van der Waals surface area contributed by atoms with Gasteiger partial charge in [-0.15, -0.1) is 0 Å². The summed E-state index contributed by atoms with van der Waals surface area (Å²) in [4.78, 5) is 0. The van der Waals surface area contributed by atoms with E-state index >= 15 is 0 Å². The van der Waals surface area contributed by atoms with Crippen molar-refractivity contribution in [1.29, 1.82) is 0 Å². The van der Waals surface area contributed by atoms with Crippen molar-refractivity contribution < 1.29 is 9.47 Å². The average molecular weight is 162 g/mol. The standard InChI is InChI=1S/C10H10O2/c1-2-8-7-3-4-9(11-5-1)10(6-7)12-8/h3-4,6,8H,1-2,5H2. The first-order valence-corrected chi connectivity index (χ1v) is 4.37. The van der Waals surface area contributed by atoms with Crippen LogP contribution in [0.3, 0.4) is 0 Å². The highest BCUT2D eigenvalue weighted by Crippen LogP contribution is 2.42. The smallest absolute Gasteiger partial charge is 0.162 e. The molecule has 1 aromatic rings. The van der Waals surface area contributed by atoms with Crippen molar-refractivity contribution in [2.24, 2.45) is 0 Å². The lowest BCUT2D eigenvalue weighted by atomic mass is 10.1. The zero-order valence-electron chi connectivity index (χ0n) is 6.75. The SMILES string of the molecule is c1cc2c3cc1C(CCCO2)O3. The Labute approximate surface area is 71.1 Å². The molecular weight excluding hydrogens is 152 g/mol. The van der Waals surface area contributed by atoms with E-state index in [1.165, 1.54) is 5.56 Å². The van der Waals surface area contributed by atoms with Gasteiger partial charge in [-0.2, -0.15) is 0 Å². The van der Waals surface area contributed by atoms with Crippen molar-refractivity contribution in [1.82, 2.24) is 0 Å². The summed E-state index contributed by atoms with van der Waals surface area (Å²) < 4.78 is 11.2. The molecule has 0 N–H and O–H groups in total. The molecule has 1 unspecified atom stereocenters. The molecule has 2 heteroatoms. The first-order chi connectivity index (χ1) is 5.93. The van der Waals surface area contributed by atoms with E-state index in [0.717, 1.165) is 30.9 Å². The fourth-order valence-electron chi connectivity index (χ4n) is 1.83. The summed E-state index contributed by atoms with van der Waals surface area (Å²) in [5.41, 5.74) is 1.30. The molecule has 2 aliphatic rings. The fourth-order valence-corrected chi connectivity index (χ4v) is 1.83. The minimum absolute atomic E-state index is 0.303. The van der Waals surface area contributed by atoms with E-state index in [1.54, 1.807) is 0 Å². The van der Waals surface area contributed by atoms with Crippen molar-refractivity contribution in [3.63, 3.8) is 0 Å². The highest BCUT2D eigenvalue weighted by molar-refractivity contribution is 5.47. The molecule has 2 nitrogen and oxygen atoms in total. The van der Waals surface area contributed by atoms with Gasteiger partial charge >= 0.3 is 0 Å². The second-order valence-corrected chi connectivity index (χ2v) is 3.30. The minimum Gasteiger partial charge on any atom is -0.490 e. The molecule has 62 valence electrons. The maximum absolute atomic E-state index is 5.69. The van der Waals surface area contributed by atoms with Gasteiger partial charge in [0.1, 0.15) is 6.10 Å². The predicted molar refractivity (Wildman–Crippen MR) is 44.5 cm³/mol. The van der Waals surface area contributed by atoms with Crippen LogP contribution in [0.1, 0.15) is 24.5 Å². The molecule has 0 saturated carbocycles. The van der Waals surface area contributed by atoms with Gasteiger partial charge < -0.3 is 9.47 Å². The molecular formula is C10H10O2. The first-order valence-electron chi connectivity index (χ1n) is 4.37. The molecule has 0 amide bonds. The van der Waals surface area contributed by atoms with Gasteiger partial charge in [-0.05, 0) is 30.5 Å². The number of hydrogen-bond acceptors (Lipinski definition) is 2. The Bertz CT molecular complexity index is 320. The van der Waals surface area contributed by atoms with Crippen molar-refractivity contribution >= 4 is 0 Å². The van der Waals surface area contributed by atoms with Crippen molar-refractivity contribution in [2.75, 3.05) is 6.61 Å². The number of hydrogen-bond donors (Lipinski definition) is 0. The van der Waals surface area contributed by atoms with Crippen LogP contribution in [0.25, 0.3) is 0 Å². The van der Waals surface area contributed by atoms with Gasteiger partial charge in [-0.3, -0.25) is 0 Å². The Morgan fingerprint density at radius 1 is 1.25 bits per heavy atom. The quantitative estimate of drug-likeness (QED) is 0.582. The van der Waals surface area contributed by atoms with Crippen molar-refractivity contribution in [3.8, 4) is 11.5 Å². The van der Waals surface area contributed by atoms with Gasteiger partial charge in [0, 0.05) is 0 Å². The second kappa shape index (κ2) is 2.16. The Balaban J connectivity index is 2.16. The van der Waals surface area contributed by atoms with Gasteiger partial charge in [0.2, 0.25) is 0 Å². The van der Waals surface area contributed by atoms with E-state index in [9.17, 15) is 0 Å². The highest BCUT2D eigenvalue weighted by Gasteiger charge is 2.25. The maximum atomic E-state index is 5.69. The molecule has 0 aromatic heterocycles. The van der Waals surface area contributed by atoms with Crippen LogP contribution in [0.15, 0.2) is 18.2 Å².